The summed E-state index contributed by atoms with van der Waals surface area (Å²) >= 11 is 3.40. The summed E-state index contributed by atoms with van der Waals surface area (Å²) in [6, 6.07) is 8.23. The van der Waals surface area contributed by atoms with Crippen LogP contribution in [0.3, 0.4) is 0 Å². The van der Waals surface area contributed by atoms with E-state index in [0.29, 0.717) is 6.04 Å². The zero-order chi connectivity index (χ0) is 12.4. The van der Waals surface area contributed by atoms with Crippen LogP contribution in [-0.4, -0.2) is 22.9 Å². The summed E-state index contributed by atoms with van der Waals surface area (Å²) in [7, 11) is 0. The summed E-state index contributed by atoms with van der Waals surface area (Å²) in [5.41, 5.74) is 0. The molecule has 1 saturated heterocycles. The average Bonchev–Trinajstić information content (AvgIpc) is 3.02. The van der Waals surface area contributed by atoms with Crippen LogP contribution in [0.25, 0.3) is 0 Å². The zero-order valence-electron chi connectivity index (χ0n) is 9.84. The minimum absolute atomic E-state index is 0.451. The smallest absolute Gasteiger partial charge is 0.165 e. The average molecular weight is 308 g/mol. The van der Waals surface area contributed by atoms with Gasteiger partial charge < -0.3 is 10.1 Å². The molecule has 1 aromatic carbocycles. The molecule has 1 aliphatic rings. The number of nitrogens with one attached hydrogen (secondary N) is 1. The lowest BCUT2D eigenvalue weighted by Gasteiger charge is -2.07. The van der Waals surface area contributed by atoms with Crippen molar-refractivity contribution < 1.29 is 4.74 Å². The molecule has 0 spiro atoms. The Labute approximate surface area is 114 Å². The molecule has 5 heteroatoms. The first-order valence-corrected chi connectivity index (χ1v) is 6.79. The molecule has 2 heterocycles. The van der Waals surface area contributed by atoms with Crippen LogP contribution in [0.4, 0.5) is 0 Å². The normalized spacial score (nSPS) is 19.1. The van der Waals surface area contributed by atoms with Gasteiger partial charge in [-0.25, -0.2) is 0 Å². The highest BCUT2D eigenvalue weighted by molar-refractivity contribution is 9.10. The summed E-state index contributed by atoms with van der Waals surface area (Å²) in [4.78, 5) is 0. The number of hydrogen-bond donors (Lipinski definition) is 1. The summed E-state index contributed by atoms with van der Waals surface area (Å²) in [6.07, 6.45) is 4.85. The Hall–Kier alpha value is -1.33. The number of hydrogen-bond acceptors (Lipinski definition) is 3. The van der Waals surface area contributed by atoms with E-state index in [4.69, 9.17) is 4.74 Å². The highest BCUT2D eigenvalue weighted by Crippen LogP contribution is 2.24. The van der Waals surface area contributed by atoms with Crippen molar-refractivity contribution in [1.82, 2.24) is 15.1 Å². The van der Waals surface area contributed by atoms with Crippen molar-refractivity contribution >= 4 is 15.9 Å². The van der Waals surface area contributed by atoms with Crippen LogP contribution in [0.15, 0.2) is 41.1 Å². The Morgan fingerprint density at radius 2 is 2.11 bits per heavy atom. The molecule has 94 valence electrons. The number of benzene rings is 1. The molecule has 2 aromatic rings. The monoisotopic (exact) mass is 307 g/mol. The van der Waals surface area contributed by atoms with Crippen LogP contribution in [0.5, 0.6) is 11.5 Å². The fraction of sp³-hybridized carbons (Fsp3) is 0.308. The Morgan fingerprint density at radius 1 is 1.28 bits per heavy atom. The molecule has 1 N–H and O–H groups in total. The van der Waals surface area contributed by atoms with Gasteiger partial charge in [-0.3, -0.25) is 4.68 Å². The highest BCUT2D eigenvalue weighted by Gasteiger charge is 2.17. The first kappa shape index (κ1) is 11.7. The van der Waals surface area contributed by atoms with Gasteiger partial charge in [-0.1, -0.05) is 15.9 Å². The van der Waals surface area contributed by atoms with Crippen LogP contribution < -0.4 is 10.1 Å². The summed E-state index contributed by atoms with van der Waals surface area (Å²) in [5.74, 6) is 1.60. The Bertz CT molecular complexity index is 517. The second-order valence-electron chi connectivity index (χ2n) is 4.36. The van der Waals surface area contributed by atoms with Crippen molar-refractivity contribution in [1.29, 1.82) is 0 Å². The maximum atomic E-state index is 5.75. The quantitative estimate of drug-likeness (QED) is 0.947. The van der Waals surface area contributed by atoms with Gasteiger partial charge in [-0.2, -0.15) is 5.10 Å². The molecule has 0 bridgehead atoms. The second-order valence-corrected chi connectivity index (χ2v) is 5.27. The molecule has 4 nitrogen and oxygen atoms in total. The van der Waals surface area contributed by atoms with E-state index < -0.39 is 0 Å². The van der Waals surface area contributed by atoms with Gasteiger partial charge in [0, 0.05) is 11.0 Å². The summed E-state index contributed by atoms with van der Waals surface area (Å²) in [5, 5.41) is 7.68. The molecule has 0 saturated carbocycles. The molecule has 0 amide bonds. The summed E-state index contributed by atoms with van der Waals surface area (Å²) in [6.45, 7) is 2.05. The van der Waals surface area contributed by atoms with Crippen molar-refractivity contribution in [3.63, 3.8) is 0 Å². The van der Waals surface area contributed by atoms with E-state index in [1.165, 1.54) is 0 Å². The van der Waals surface area contributed by atoms with Crippen LogP contribution in [0.1, 0.15) is 12.5 Å². The molecule has 0 radical (unpaired) electrons. The van der Waals surface area contributed by atoms with Crippen LogP contribution >= 0.6 is 15.9 Å². The van der Waals surface area contributed by atoms with E-state index in [2.05, 4.69) is 26.3 Å². The largest absolute Gasteiger partial charge is 0.454 e. The van der Waals surface area contributed by atoms with Crippen molar-refractivity contribution in [3.05, 3.63) is 41.1 Å². The molecule has 0 aliphatic carbocycles. The van der Waals surface area contributed by atoms with Crippen molar-refractivity contribution in [2.24, 2.45) is 0 Å². The molecule has 1 aromatic heterocycles. The van der Waals surface area contributed by atoms with E-state index in [0.717, 1.165) is 35.5 Å². The summed E-state index contributed by atoms with van der Waals surface area (Å²) < 4.78 is 8.77. The number of ether oxygens (including phenoxy) is 1. The first-order chi connectivity index (χ1) is 8.81. The topological polar surface area (TPSA) is 39.1 Å². The molecular formula is C13H14BrN3O. The van der Waals surface area contributed by atoms with Gasteiger partial charge in [0.05, 0.1) is 18.4 Å². The molecule has 18 heavy (non-hydrogen) atoms. The maximum Gasteiger partial charge on any atom is 0.165 e. The number of halogens is 1. The van der Waals surface area contributed by atoms with Crippen LogP contribution in [-0.2, 0) is 0 Å². The molecular weight excluding hydrogens is 294 g/mol. The fourth-order valence-electron chi connectivity index (χ4n) is 2.08. The first-order valence-electron chi connectivity index (χ1n) is 5.99. The predicted octanol–water partition coefficient (Wildman–Crippen LogP) is 2.97. The Morgan fingerprint density at radius 3 is 2.83 bits per heavy atom. The van der Waals surface area contributed by atoms with Gasteiger partial charge in [-0.15, -0.1) is 0 Å². The lowest BCUT2D eigenvalue weighted by Crippen LogP contribution is -2.13. The van der Waals surface area contributed by atoms with Gasteiger partial charge in [0.1, 0.15) is 5.75 Å². The lowest BCUT2D eigenvalue weighted by atomic mass is 10.3. The molecule has 1 fully saturated rings. The highest BCUT2D eigenvalue weighted by atomic mass is 79.9. The van der Waals surface area contributed by atoms with Crippen LogP contribution in [0, 0.1) is 0 Å². The van der Waals surface area contributed by atoms with E-state index in [9.17, 15) is 0 Å². The molecule has 3 rings (SSSR count). The van der Waals surface area contributed by atoms with Crippen molar-refractivity contribution in [2.75, 3.05) is 13.1 Å². The molecule has 1 atom stereocenters. The van der Waals surface area contributed by atoms with Gasteiger partial charge in [0.15, 0.2) is 5.75 Å². The Kier molecular flexibility index (Phi) is 3.34. The fourth-order valence-corrected chi connectivity index (χ4v) is 2.34. The second kappa shape index (κ2) is 5.12. The number of rotatable bonds is 3. The third-order valence-corrected chi connectivity index (χ3v) is 3.56. The van der Waals surface area contributed by atoms with Gasteiger partial charge in [-0.05, 0) is 37.2 Å². The van der Waals surface area contributed by atoms with Crippen LogP contribution in [0.2, 0.25) is 0 Å². The Balaban J connectivity index is 1.71. The predicted molar refractivity (Wildman–Crippen MR) is 73.0 cm³/mol. The van der Waals surface area contributed by atoms with E-state index in [-0.39, 0.29) is 0 Å². The number of nitrogens with zero attached hydrogens (tertiary/aromatic N) is 2. The molecule has 1 aliphatic heterocycles. The van der Waals surface area contributed by atoms with E-state index in [1.54, 1.807) is 6.20 Å². The third-order valence-electron chi connectivity index (χ3n) is 3.04. The maximum absolute atomic E-state index is 5.75. The van der Waals surface area contributed by atoms with Crippen molar-refractivity contribution in [2.45, 2.75) is 12.5 Å². The van der Waals surface area contributed by atoms with E-state index >= 15 is 0 Å². The zero-order valence-corrected chi connectivity index (χ0v) is 11.4. The lowest BCUT2D eigenvalue weighted by molar-refractivity contribution is 0.469. The van der Waals surface area contributed by atoms with E-state index in [1.807, 2.05) is 35.1 Å². The standard InChI is InChI=1S/C13H14BrN3O/c14-10-1-3-12(4-2-10)18-13-8-16-17(9-13)11-5-6-15-7-11/h1-4,8-9,11,15H,5-7H2. The SMILES string of the molecule is Brc1ccc(Oc2cnn(C3CCNC3)c2)cc1. The third kappa shape index (κ3) is 2.57. The van der Waals surface area contributed by atoms with Gasteiger partial charge in [0.25, 0.3) is 0 Å². The minimum atomic E-state index is 0.451. The van der Waals surface area contributed by atoms with Crippen molar-refractivity contribution in [3.8, 4) is 11.5 Å². The number of aromatic nitrogens is 2. The van der Waals surface area contributed by atoms with Gasteiger partial charge >= 0.3 is 0 Å². The van der Waals surface area contributed by atoms with Gasteiger partial charge in [0.2, 0.25) is 0 Å². The molecule has 1 unspecified atom stereocenters. The minimum Gasteiger partial charge on any atom is -0.454 e.